The number of hydrogen-bond donors (Lipinski definition) is 0. The summed E-state index contributed by atoms with van der Waals surface area (Å²) in [6, 6.07) is 0. The van der Waals surface area contributed by atoms with Crippen molar-refractivity contribution >= 4 is 25.2 Å². The average Bonchev–Trinajstić information content (AvgIpc) is 2.33. The highest BCUT2D eigenvalue weighted by molar-refractivity contribution is 8.52. The predicted octanol–water partition coefficient (Wildman–Crippen LogP) is 2.47. The SMILES string of the molecule is C/N=C/COP1OCCCCS1. The van der Waals surface area contributed by atoms with Gasteiger partial charge in [-0.15, -0.1) is 0 Å². The third-order valence-corrected chi connectivity index (χ3v) is 4.62. The van der Waals surface area contributed by atoms with E-state index in [0.717, 1.165) is 18.8 Å². The second-order valence-electron chi connectivity index (χ2n) is 2.33. The van der Waals surface area contributed by atoms with Gasteiger partial charge < -0.3 is 9.05 Å². The molecule has 1 aliphatic rings. The van der Waals surface area contributed by atoms with Crippen LogP contribution in [0.2, 0.25) is 0 Å². The van der Waals surface area contributed by atoms with E-state index in [1.54, 1.807) is 24.6 Å². The number of nitrogens with zero attached hydrogens (tertiary/aromatic N) is 1. The first-order valence-electron chi connectivity index (χ1n) is 4.03. The molecule has 0 aromatic carbocycles. The van der Waals surface area contributed by atoms with Gasteiger partial charge in [0.15, 0.2) is 0 Å². The molecular weight excluding hydrogens is 193 g/mol. The second-order valence-corrected chi connectivity index (χ2v) is 5.63. The minimum absolute atomic E-state index is 0.579. The van der Waals surface area contributed by atoms with Gasteiger partial charge in [-0.05, 0) is 12.8 Å². The summed E-state index contributed by atoms with van der Waals surface area (Å²) < 4.78 is 11.0. The van der Waals surface area contributed by atoms with E-state index >= 15 is 0 Å². The lowest BCUT2D eigenvalue weighted by atomic mass is 10.4. The Morgan fingerprint density at radius 3 is 3.42 bits per heavy atom. The molecule has 1 atom stereocenters. The van der Waals surface area contributed by atoms with Gasteiger partial charge in [0.1, 0.15) is 0 Å². The molecule has 0 amide bonds. The molecule has 12 heavy (non-hydrogen) atoms. The van der Waals surface area contributed by atoms with Crippen molar-refractivity contribution in [3.05, 3.63) is 0 Å². The van der Waals surface area contributed by atoms with E-state index in [-0.39, 0.29) is 0 Å². The van der Waals surface area contributed by atoms with Crippen molar-refractivity contribution in [3.63, 3.8) is 0 Å². The van der Waals surface area contributed by atoms with Crippen molar-refractivity contribution in [2.75, 3.05) is 26.0 Å². The van der Waals surface area contributed by atoms with Crippen LogP contribution in [0.3, 0.4) is 0 Å². The minimum Gasteiger partial charge on any atom is -0.326 e. The molecule has 1 heterocycles. The van der Waals surface area contributed by atoms with Gasteiger partial charge in [-0.1, -0.05) is 11.4 Å². The van der Waals surface area contributed by atoms with E-state index in [2.05, 4.69) is 4.99 Å². The molecule has 70 valence electrons. The quantitative estimate of drug-likeness (QED) is 0.526. The van der Waals surface area contributed by atoms with Gasteiger partial charge in [0.2, 0.25) is 7.58 Å². The largest absolute Gasteiger partial charge is 0.326 e. The number of hydrogen-bond acceptors (Lipinski definition) is 4. The standard InChI is InChI=1S/C7H14NO2PS/c1-8-4-6-10-11-9-5-2-3-7-12-11/h4H,2-3,5-7H2,1H3/b8-4+. The smallest absolute Gasteiger partial charge is 0.238 e. The van der Waals surface area contributed by atoms with Crippen LogP contribution in [0.5, 0.6) is 0 Å². The summed E-state index contributed by atoms with van der Waals surface area (Å²) in [4.78, 5) is 3.84. The highest BCUT2D eigenvalue weighted by Crippen LogP contribution is 2.53. The maximum atomic E-state index is 5.49. The molecule has 0 aromatic rings. The lowest BCUT2D eigenvalue weighted by molar-refractivity contribution is 0.284. The summed E-state index contributed by atoms with van der Waals surface area (Å²) in [7, 11) is 1.06. The Labute approximate surface area is 78.6 Å². The summed E-state index contributed by atoms with van der Waals surface area (Å²) in [6.07, 6.45) is 4.17. The van der Waals surface area contributed by atoms with E-state index < -0.39 is 7.58 Å². The first-order chi connectivity index (χ1) is 5.93. The Bertz CT molecular complexity index is 137. The van der Waals surface area contributed by atoms with Gasteiger partial charge >= 0.3 is 0 Å². The highest BCUT2D eigenvalue weighted by Gasteiger charge is 2.13. The maximum absolute atomic E-state index is 5.49. The fraction of sp³-hybridized carbons (Fsp3) is 0.857. The summed E-state index contributed by atoms with van der Waals surface area (Å²) in [6.45, 7) is 1.43. The van der Waals surface area contributed by atoms with E-state index in [1.165, 1.54) is 6.42 Å². The normalized spacial score (nSPS) is 25.9. The van der Waals surface area contributed by atoms with Gasteiger partial charge in [-0.2, -0.15) is 0 Å². The molecule has 1 saturated heterocycles. The van der Waals surface area contributed by atoms with Crippen LogP contribution in [-0.4, -0.2) is 32.2 Å². The van der Waals surface area contributed by atoms with Crippen molar-refractivity contribution in [2.45, 2.75) is 12.8 Å². The fourth-order valence-electron chi connectivity index (χ4n) is 0.763. The highest BCUT2D eigenvalue weighted by atomic mass is 32.7. The third-order valence-electron chi connectivity index (χ3n) is 1.37. The Balaban J connectivity index is 2.11. The Kier molecular flexibility index (Phi) is 5.96. The molecule has 5 heteroatoms. The molecule has 3 nitrogen and oxygen atoms in total. The van der Waals surface area contributed by atoms with Crippen LogP contribution in [0.4, 0.5) is 0 Å². The number of rotatable bonds is 3. The predicted molar refractivity (Wildman–Crippen MR) is 54.9 cm³/mol. The van der Waals surface area contributed by atoms with Crippen LogP contribution in [0.15, 0.2) is 4.99 Å². The van der Waals surface area contributed by atoms with Crippen molar-refractivity contribution in [2.24, 2.45) is 4.99 Å². The molecule has 0 N–H and O–H groups in total. The van der Waals surface area contributed by atoms with Gasteiger partial charge in [-0.25, -0.2) is 0 Å². The minimum atomic E-state index is -0.685. The molecular formula is C7H14NO2PS. The molecule has 0 saturated carbocycles. The van der Waals surface area contributed by atoms with Gasteiger partial charge in [-0.3, -0.25) is 4.99 Å². The van der Waals surface area contributed by atoms with E-state index in [1.807, 2.05) is 0 Å². The van der Waals surface area contributed by atoms with Crippen molar-refractivity contribution < 1.29 is 9.05 Å². The first kappa shape index (κ1) is 10.5. The van der Waals surface area contributed by atoms with Crippen molar-refractivity contribution in [1.29, 1.82) is 0 Å². The fourth-order valence-corrected chi connectivity index (χ4v) is 3.62. The van der Waals surface area contributed by atoms with Gasteiger partial charge in [0, 0.05) is 19.0 Å². The van der Waals surface area contributed by atoms with Crippen molar-refractivity contribution in [1.82, 2.24) is 0 Å². The Morgan fingerprint density at radius 2 is 2.58 bits per heavy atom. The molecule has 1 fully saturated rings. The summed E-state index contributed by atoms with van der Waals surface area (Å²) in [5, 5.41) is 0. The zero-order valence-electron chi connectivity index (χ0n) is 7.23. The zero-order chi connectivity index (χ0) is 8.65. The lowest BCUT2D eigenvalue weighted by Crippen LogP contribution is -1.91. The molecule has 0 radical (unpaired) electrons. The van der Waals surface area contributed by atoms with Crippen LogP contribution in [0, 0.1) is 0 Å². The molecule has 1 aliphatic heterocycles. The molecule has 1 unspecified atom stereocenters. The molecule has 0 aromatic heterocycles. The monoisotopic (exact) mass is 207 g/mol. The molecule has 0 aliphatic carbocycles. The van der Waals surface area contributed by atoms with Crippen LogP contribution in [0.1, 0.15) is 12.8 Å². The summed E-state index contributed by atoms with van der Waals surface area (Å²) >= 11 is 1.79. The van der Waals surface area contributed by atoms with E-state index in [9.17, 15) is 0 Å². The number of aliphatic imine (C=N–C) groups is 1. The molecule has 0 spiro atoms. The van der Waals surface area contributed by atoms with Gasteiger partial charge in [0.25, 0.3) is 0 Å². The van der Waals surface area contributed by atoms with Gasteiger partial charge in [0.05, 0.1) is 13.2 Å². The van der Waals surface area contributed by atoms with Crippen LogP contribution in [0.25, 0.3) is 0 Å². The lowest BCUT2D eigenvalue weighted by Gasteiger charge is -2.11. The van der Waals surface area contributed by atoms with E-state index in [4.69, 9.17) is 9.05 Å². The topological polar surface area (TPSA) is 30.8 Å². The Morgan fingerprint density at radius 1 is 1.67 bits per heavy atom. The second kappa shape index (κ2) is 6.84. The van der Waals surface area contributed by atoms with Crippen LogP contribution < -0.4 is 0 Å². The van der Waals surface area contributed by atoms with Crippen LogP contribution in [-0.2, 0) is 9.05 Å². The van der Waals surface area contributed by atoms with Crippen LogP contribution >= 0.6 is 19.0 Å². The van der Waals surface area contributed by atoms with E-state index in [0.29, 0.717) is 6.61 Å². The average molecular weight is 207 g/mol. The maximum Gasteiger partial charge on any atom is 0.238 e. The summed E-state index contributed by atoms with van der Waals surface area (Å²) in [5.41, 5.74) is 0. The molecule has 0 bridgehead atoms. The molecule has 1 rings (SSSR count). The first-order valence-corrected chi connectivity index (χ1v) is 6.80. The zero-order valence-corrected chi connectivity index (χ0v) is 8.94. The Hall–Kier alpha value is 0.370. The van der Waals surface area contributed by atoms with Crippen molar-refractivity contribution in [3.8, 4) is 0 Å². The summed E-state index contributed by atoms with van der Waals surface area (Å²) in [5.74, 6) is 1.16. The third kappa shape index (κ3) is 4.41.